The Morgan fingerprint density at radius 1 is 0.914 bits per heavy atom. The van der Waals surface area contributed by atoms with Crippen LogP contribution in [0.4, 0.5) is 5.69 Å². The number of Topliss-reactive ketones (excluding diaryl/α,β-unsaturated/α-hetero) is 2. The van der Waals surface area contributed by atoms with Gasteiger partial charge < -0.3 is 15.4 Å². The summed E-state index contributed by atoms with van der Waals surface area (Å²) in [5.41, 5.74) is 4.60. The lowest BCUT2D eigenvalue weighted by Crippen LogP contribution is -2.36. The number of anilines is 1. The summed E-state index contributed by atoms with van der Waals surface area (Å²) in [5.74, 6) is -0.103. The minimum Gasteiger partial charge on any atom is -0.484 e. The van der Waals surface area contributed by atoms with Crippen LogP contribution in [0.5, 0.6) is 5.75 Å². The standard InChI is InChI=1S/C27H24Cl2N2O4/c28-18-11-10-16(13-19(18)29)30-24(34)14-35-17-5-1-4-15(12-17)25-26-20(6-2-8-22(26)32)31-21-7-3-9-23(33)27(21)25/h1,4-5,10-13,25,31H,2-3,6-9,14H2,(H,30,34). The van der Waals surface area contributed by atoms with E-state index in [-0.39, 0.29) is 24.1 Å². The predicted molar refractivity (Wildman–Crippen MR) is 135 cm³/mol. The predicted octanol–water partition coefficient (Wildman–Crippen LogP) is 5.71. The van der Waals surface area contributed by atoms with Gasteiger partial charge in [0.1, 0.15) is 5.75 Å². The van der Waals surface area contributed by atoms with Crippen molar-refractivity contribution in [3.05, 3.63) is 80.6 Å². The van der Waals surface area contributed by atoms with Crippen LogP contribution >= 0.6 is 23.2 Å². The van der Waals surface area contributed by atoms with Gasteiger partial charge in [-0.3, -0.25) is 14.4 Å². The first kappa shape index (κ1) is 23.6. The number of ether oxygens (including phenoxy) is 1. The SMILES string of the molecule is O=C(COc1cccc(C2C3=C(CCCC3=O)NC3=C2C(=O)CCC3)c1)Nc1ccc(Cl)c(Cl)c1. The van der Waals surface area contributed by atoms with Crippen molar-refractivity contribution in [1.82, 2.24) is 5.32 Å². The Kier molecular flexibility index (Phi) is 6.67. The van der Waals surface area contributed by atoms with Gasteiger partial charge in [-0.25, -0.2) is 0 Å². The molecule has 0 spiro atoms. The van der Waals surface area contributed by atoms with Crippen LogP contribution in [-0.2, 0) is 14.4 Å². The zero-order chi connectivity index (χ0) is 24.5. The molecular weight excluding hydrogens is 487 g/mol. The van der Waals surface area contributed by atoms with Crippen molar-refractivity contribution >= 4 is 46.4 Å². The number of benzene rings is 2. The largest absolute Gasteiger partial charge is 0.484 e. The number of amides is 1. The average Bonchev–Trinajstić information content (AvgIpc) is 2.84. The summed E-state index contributed by atoms with van der Waals surface area (Å²) in [6.45, 7) is -0.213. The minimum atomic E-state index is -0.407. The summed E-state index contributed by atoms with van der Waals surface area (Å²) >= 11 is 11.9. The maximum Gasteiger partial charge on any atom is 0.262 e. The Morgan fingerprint density at radius 3 is 2.26 bits per heavy atom. The number of allylic oxidation sites excluding steroid dienone is 4. The third-order valence-electron chi connectivity index (χ3n) is 6.56. The highest BCUT2D eigenvalue weighted by Crippen LogP contribution is 2.45. The number of carbonyl (C=O) groups is 3. The second kappa shape index (κ2) is 9.88. The van der Waals surface area contributed by atoms with Crippen molar-refractivity contribution < 1.29 is 19.1 Å². The lowest BCUT2D eigenvalue weighted by Gasteiger charge is -2.37. The number of dihydropyridines is 1. The van der Waals surface area contributed by atoms with Crippen LogP contribution in [0.1, 0.15) is 50.0 Å². The van der Waals surface area contributed by atoms with Crippen LogP contribution in [0, 0.1) is 0 Å². The van der Waals surface area contributed by atoms with Crippen molar-refractivity contribution in [2.45, 2.75) is 44.4 Å². The maximum atomic E-state index is 13.0. The van der Waals surface area contributed by atoms with Gasteiger partial charge in [0, 0.05) is 47.0 Å². The summed E-state index contributed by atoms with van der Waals surface area (Å²) in [6, 6.07) is 12.1. The van der Waals surface area contributed by atoms with Crippen LogP contribution in [0.3, 0.4) is 0 Å². The average molecular weight is 511 g/mol. The van der Waals surface area contributed by atoms with Crippen LogP contribution in [0.15, 0.2) is 65.0 Å². The van der Waals surface area contributed by atoms with E-state index in [2.05, 4.69) is 10.6 Å². The van der Waals surface area contributed by atoms with E-state index in [1.54, 1.807) is 24.3 Å². The molecule has 0 fully saturated rings. The van der Waals surface area contributed by atoms with Gasteiger partial charge in [-0.05, 0) is 61.6 Å². The highest BCUT2D eigenvalue weighted by Gasteiger charge is 2.40. The number of carbonyl (C=O) groups excluding carboxylic acids is 3. The number of hydrogen-bond donors (Lipinski definition) is 2. The monoisotopic (exact) mass is 510 g/mol. The summed E-state index contributed by atoms with van der Waals surface area (Å²) in [5, 5.41) is 6.89. The maximum absolute atomic E-state index is 13.0. The van der Waals surface area contributed by atoms with Crippen molar-refractivity contribution in [2.75, 3.05) is 11.9 Å². The first-order chi connectivity index (χ1) is 16.9. The minimum absolute atomic E-state index is 0.0843. The highest BCUT2D eigenvalue weighted by molar-refractivity contribution is 6.42. The van der Waals surface area contributed by atoms with Crippen LogP contribution in [-0.4, -0.2) is 24.1 Å². The molecule has 0 unspecified atom stereocenters. The molecule has 0 aromatic heterocycles. The first-order valence-electron chi connectivity index (χ1n) is 11.7. The molecule has 0 radical (unpaired) electrons. The van der Waals surface area contributed by atoms with E-state index >= 15 is 0 Å². The Hall–Kier alpha value is -3.09. The Morgan fingerprint density at radius 2 is 1.60 bits per heavy atom. The fraction of sp³-hybridized carbons (Fsp3) is 0.296. The summed E-state index contributed by atoms with van der Waals surface area (Å²) < 4.78 is 5.76. The molecule has 6 nitrogen and oxygen atoms in total. The zero-order valence-corrected chi connectivity index (χ0v) is 20.5. The van der Waals surface area contributed by atoms with Gasteiger partial charge in [0.05, 0.1) is 10.0 Å². The molecule has 8 heteroatoms. The molecule has 1 aliphatic heterocycles. The number of halogens is 2. The van der Waals surface area contributed by atoms with E-state index < -0.39 is 5.92 Å². The van der Waals surface area contributed by atoms with Crippen LogP contribution in [0.2, 0.25) is 10.0 Å². The number of hydrogen-bond acceptors (Lipinski definition) is 5. The van der Waals surface area contributed by atoms with Crippen molar-refractivity contribution in [2.24, 2.45) is 0 Å². The molecule has 0 saturated carbocycles. The Balaban J connectivity index is 1.38. The molecule has 3 aliphatic rings. The summed E-state index contributed by atoms with van der Waals surface area (Å²) in [6.07, 6.45) is 4.19. The van der Waals surface area contributed by atoms with E-state index in [0.29, 0.717) is 45.5 Å². The topological polar surface area (TPSA) is 84.5 Å². The zero-order valence-electron chi connectivity index (χ0n) is 19.0. The molecule has 2 aliphatic carbocycles. The highest BCUT2D eigenvalue weighted by atomic mass is 35.5. The van der Waals surface area contributed by atoms with Crippen molar-refractivity contribution in [1.29, 1.82) is 0 Å². The molecule has 0 atom stereocenters. The van der Waals surface area contributed by atoms with Gasteiger partial charge >= 0.3 is 0 Å². The van der Waals surface area contributed by atoms with Crippen LogP contribution in [0.25, 0.3) is 0 Å². The van der Waals surface area contributed by atoms with Gasteiger partial charge in [0.2, 0.25) is 0 Å². The lowest BCUT2D eigenvalue weighted by atomic mass is 9.71. The van der Waals surface area contributed by atoms with Crippen molar-refractivity contribution in [3.63, 3.8) is 0 Å². The molecule has 180 valence electrons. The number of ketones is 2. The number of nitrogens with one attached hydrogen (secondary N) is 2. The van der Waals surface area contributed by atoms with Gasteiger partial charge in [0.25, 0.3) is 5.91 Å². The van der Waals surface area contributed by atoms with Gasteiger partial charge in [0.15, 0.2) is 18.2 Å². The molecule has 0 bridgehead atoms. The molecule has 5 rings (SSSR count). The second-order valence-electron chi connectivity index (χ2n) is 8.93. The van der Waals surface area contributed by atoms with Gasteiger partial charge in [-0.2, -0.15) is 0 Å². The normalized spacial score (nSPS) is 18.1. The molecule has 35 heavy (non-hydrogen) atoms. The Bertz CT molecular complexity index is 1260. The molecule has 1 amide bonds. The summed E-state index contributed by atoms with van der Waals surface area (Å²) in [4.78, 5) is 38.4. The van der Waals surface area contributed by atoms with E-state index in [1.165, 1.54) is 0 Å². The second-order valence-corrected chi connectivity index (χ2v) is 9.75. The van der Waals surface area contributed by atoms with E-state index in [0.717, 1.165) is 42.6 Å². The van der Waals surface area contributed by atoms with E-state index in [1.807, 2.05) is 18.2 Å². The van der Waals surface area contributed by atoms with Gasteiger partial charge in [-0.1, -0.05) is 35.3 Å². The smallest absolute Gasteiger partial charge is 0.262 e. The van der Waals surface area contributed by atoms with E-state index in [4.69, 9.17) is 27.9 Å². The van der Waals surface area contributed by atoms with Crippen molar-refractivity contribution in [3.8, 4) is 5.75 Å². The molecule has 1 heterocycles. The number of rotatable bonds is 5. The fourth-order valence-electron chi connectivity index (χ4n) is 5.02. The molecule has 2 N–H and O–H groups in total. The quantitative estimate of drug-likeness (QED) is 0.537. The molecular formula is C27H24Cl2N2O4. The fourth-order valence-corrected chi connectivity index (χ4v) is 5.32. The van der Waals surface area contributed by atoms with Crippen LogP contribution < -0.4 is 15.4 Å². The summed E-state index contributed by atoms with van der Waals surface area (Å²) in [7, 11) is 0. The third-order valence-corrected chi connectivity index (χ3v) is 7.30. The van der Waals surface area contributed by atoms with Gasteiger partial charge in [-0.15, -0.1) is 0 Å². The molecule has 2 aromatic carbocycles. The Labute approximate surface area is 213 Å². The first-order valence-corrected chi connectivity index (χ1v) is 12.4. The molecule has 2 aromatic rings. The lowest BCUT2D eigenvalue weighted by molar-refractivity contribution is -0.118. The van der Waals surface area contributed by atoms with E-state index in [9.17, 15) is 14.4 Å². The molecule has 0 saturated heterocycles. The third kappa shape index (κ3) is 4.86.